The number of hydrogen-bond donors (Lipinski definition) is 1. The SMILES string of the molecule is Cc1cscc1-c1nc(CC(C)C)c(C(=O)O)s1. The number of thiazole rings is 1. The summed E-state index contributed by atoms with van der Waals surface area (Å²) in [7, 11) is 0. The number of carboxylic acid groups (broad SMARTS) is 1. The first-order valence-corrected chi connectivity index (χ1v) is 7.51. The van der Waals surface area contributed by atoms with E-state index in [1.54, 1.807) is 11.3 Å². The highest BCUT2D eigenvalue weighted by molar-refractivity contribution is 7.17. The first-order chi connectivity index (χ1) is 8.49. The van der Waals surface area contributed by atoms with E-state index in [0.717, 1.165) is 16.1 Å². The van der Waals surface area contributed by atoms with Crippen molar-refractivity contribution in [2.45, 2.75) is 27.2 Å². The summed E-state index contributed by atoms with van der Waals surface area (Å²) >= 11 is 2.90. The highest BCUT2D eigenvalue weighted by Crippen LogP contribution is 2.33. The lowest BCUT2D eigenvalue weighted by Crippen LogP contribution is -2.02. The van der Waals surface area contributed by atoms with Gasteiger partial charge in [-0.15, -0.1) is 11.3 Å². The molecule has 0 radical (unpaired) electrons. The van der Waals surface area contributed by atoms with E-state index in [-0.39, 0.29) is 0 Å². The molecule has 2 aromatic rings. The zero-order valence-corrected chi connectivity index (χ0v) is 12.2. The maximum absolute atomic E-state index is 11.2. The third-order valence-corrected chi connectivity index (χ3v) is 4.56. The average molecular weight is 281 g/mol. The first kappa shape index (κ1) is 13.2. The van der Waals surface area contributed by atoms with Gasteiger partial charge in [-0.05, 0) is 30.2 Å². The largest absolute Gasteiger partial charge is 0.477 e. The second kappa shape index (κ2) is 5.20. The summed E-state index contributed by atoms with van der Waals surface area (Å²) in [6.07, 6.45) is 0.710. The van der Waals surface area contributed by atoms with Crippen molar-refractivity contribution in [1.82, 2.24) is 4.98 Å². The molecule has 96 valence electrons. The van der Waals surface area contributed by atoms with Gasteiger partial charge >= 0.3 is 5.97 Å². The maximum Gasteiger partial charge on any atom is 0.347 e. The summed E-state index contributed by atoms with van der Waals surface area (Å²) in [4.78, 5) is 16.1. The molecule has 0 unspecified atom stereocenters. The lowest BCUT2D eigenvalue weighted by atomic mass is 10.1. The molecule has 0 atom stereocenters. The van der Waals surface area contributed by atoms with Crippen LogP contribution in [0.2, 0.25) is 0 Å². The Morgan fingerprint density at radius 2 is 2.17 bits per heavy atom. The molecular formula is C13H15NO2S2. The molecule has 2 rings (SSSR count). The molecule has 1 N–H and O–H groups in total. The first-order valence-electron chi connectivity index (χ1n) is 5.75. The molecule has 18 heavy (non-hydrogen) atoms. The van der Waals surface area contributed by atoms with E-state index < -0.39 is 5.97 Å². The average Bonchev–Trinajstić information content (AvgIpc) is 2.83. The summed E-state index contributed by atoms with van der Waals surface area (Å²) in [5.41, 5.74) is 2.92. The van der Waals surface area contributed by atoms with E-state index in [0.29, 0.717) is 22.9 Å². The van der Waals surface area contributed by atoms with Gasteiger partial charge < -0.3 is 5.11 Å². The van der Waals surface area contributed by atoms with Gasteiger partial charge in [0.25, 0.3) is 0 Å². The lowest BCUT2D eigenvalue weighted by molar-refractivity contribution is 0.0700. The molecule has 0 fully saturated rings. The van der Waals surface area contributed by atoms with Gasteiger partial charge in [-0.25, -0.2) is 9.78 Å². The Labute approximate surface area is 114 Å². The summed E-state index contributed by atoms with van der Waals surface area (Å²) in [6, 6.07) is 0. The fraction of sp³-hybridized carbons (Fsp3) is 0.385. The Bertz CT molecular complexity index is 569. The molecule has 0 spiro atoms. The molecular weight excluding hydrogens is 266 g/mol. The van der Waals surface area contributed by atoms with Gasteiger partial charge in [-0.2, -0.15) is 11.3 Å². The number of rotatable bonds is 4. The third kappa shape index (κ3) is 2.62. The smallest absolute Gasteiger partial charge is 0.347 e. The molecule has 0 saturated carbocycles. The van der Waals surface area contributed by atoms with Crippen LogP contribution in [0.4, 0.5) is 0 Å². The molecule has 0 saturated heterocycles. The van der Waals surface area contributed by atoms with Crippen molar-refractivity contribution in [3.63, 3.8) is 0 Å². The van der Waals surface area contributed by atoms with Crippen molar-refractivity contribution in [2.24, 2.45) is 5.92 Å². The summed E-state index contributed by atoms with van der Waals surface area (Å²) in [6.45, 7) is 6.16. The number of hydrogen-bond acceptors (Lipinski definition) is 4. The van der Waals surface area contributed by atoms with Crippen molar-refractivity contribution in [3.05, 3.63) is 26.9 Å². The van der Waals surface area contributed by atoms with Gasteiger partial charge in [0.2, 0.25) is 0 Å². The van der Waals surface area contributed by atoms with Gasteiger partial charge in [0, 0.05) is 10.9 Å². The molecule has 5 heteroatoms. The second-order valence-electron chi connectivity index (χ2n) is 4.67. The predicted molar refractivity (Wildman–Crippen MR) is 75.7 cm³/mol. The van der Waals surface area contributed by atoms with Gasteiger partial charge in [0.1, 0.15) is 9.88 Å². The van der Waals surface area contributed by atoms with Gasteiger partial charge in [-0.3, -0.25) is 0 Å². The van der Waals surface area contributed by atoms with Gasteiger partial charge in [0.15, 0.2) is 0 Å². The zero-order chi connectivity index (χ0) is 13.3. The van der Waals surface area contributed by atoms with Crippen LogP contribution in [0.25, 0.3) is 10.6 Å². The summed E-state index contributed by atoms with van der Waals surface area (Å²) < 4.78 is 0. The fourth-order valence-corrected chi connectivity index (χ4v) is 3.66. The van der Waals surface area contributed by atoms with Crippen molar-refractivity contribution in [3.8, 4) is 10.6 Å². The van der Waals surface area contributed by atoms with E-state index >= 15 is 0 Å². The Balaban J connectivity index is 2.45. The number of aryl methyl sites for hydroxylation is 1. The fourth-order valence-electron chi connectivity index (χ4n) is 1.74. The second-order valence-corrected chi connectivity index (χ2v) is 6.41. The van der Waals surface area contributed by atoms with Crippen molar-refractivity contribution < 1.29 is 9.90 Å². The summed E-state index contributed by atoms with van der Waals surface area (Å²) in [5.74, 6) is -0.469. The van der Waals surface area contributed by atoms with Crippen LogP contribution in [0.5, 0.6) is 0 Å². The summed E-state index contributed by atoms with van der Waals surface area (Å²) in [5, 5.41) is 14.1. The molecule has 0 amide bonds. The quantitative estimate of drug-likeness (QED) is 0.918. The minimum absolute atomic E-state index is 0.379. The van der Waals surface area contributed by atoms with Crippen molar-refractivity contribution >= 4 is 28.6 Å². The van der Waals surface area contributed by atoms with Gasteiger partial charge in [-0.1, -0.05) is 13.8 Å². The van der Waals surface area contributed by atoms with Crippen LogP contribution in [0.15, 0.2) is 10.8 Å². The van der Waals surface area contributed by atoms with Gasteiger partial charge in [0.05, 0.1) is 5.69 Å². The van der Waals surface area contributed by atoms with E-state index in [4.69, 9.17) is 0 Å². The lowest BCUT2D eigenvalue weighted by Gasteiger charge is -2.01. The van der Waals surface area contributed by atoms with Crippen LogP contribution in [0.1, 0.15) is 34.8 Å². The van der Waals surface area contributed by atoms with E-state index in [1.807, 2.05) is 12.3 Å². The highest BCUT2D eigenvalue weighted by Gasteiger charge is 2.19. The number of aromatic carboxylic acids is 1. The number of aromatic nitrogens is 1. The Morgan fingerprint density at radius 3 is 2.67 bits per heavy atom. The predicted octanol–water partition coefficient (Wildman–Crippen LogP) is 4.08. The molecule has 0 aliphatic rings. The molecule has 0 aliphatic carbocycles. The van der Waals surface area contributed by atoms with Crippen LogP contribution in [-0.2, 0) is 6.42 Å². The Kier molecular flexibility index (Phi) is 3.82. The standard InChI is InChI=1S/C13H15NO2S2/c1-7(2)4-10-11(13(15)16)18-12(14-10)9-6-17-5-8(9)3/h5-7H,4H2,1-3H3,(H,15,16). The molecule has 0 aromatic carbocycles. The minimum atomic E-state index is -0.873. The third-order valence-electron chi connectivity index (χ3n) is 2.58. The van der Waals surface area contributed by atoms with Crippen molar-refractivity contribution in [2.75, 3.05) is 0 Å². The maximum atomic E-state index is 11.2. The minimum Gasteiger partial charge on any atom is -0.477 e. The molecule has 3 nitrogen and oxygen atoms in total. The van der Waals surface area contributed by atoms with E-state index in [1.165, 1.54) is 11.3 Å². The van der Waals surface area contributed by atoms with Crippen LogP contribution >= 0.6 is 22.7 Å². The Morgan fingerprint density at radius 1 is 1.44 bits per heavy atom. The molecule has 0 aliphatic heterocycles. The van der Waals surface area contributed by atoms with Crippen LogP contribution in [0.3, 0.4) is 0 Å². The number of thiophene rings is 1. The molecule has 2 aromatic heterocycles. The highest BCUT2D eigenvalue weighted by atomic mass is 32.1. The van der Waals surface area contributed by atoms with Crippen molar-refractivity contribution in [1.29, 1.82) is 0 Å². The van der Waals surface area contributed by atoms with Crippen LogP contribution in [0, 0.1) is 12.8 Å². The normalized spacial score (nSPS) is 11.1. The van der Waals surface area contributed by atoms with E-state index in [9.17, 15) is 9.90 Å². The zero-order valence-electron chi connectivity index (χ0n) is 10.6. The molecule has 2 heterocycles. The number of carboxylic acids is 1. The topological polar surface area (TPSA) is 50.2 Å². The van der Waals surface area contributed by atoms with E-state index in [2.05, 4.69) is 24.2 Å². The van der Waals surface area contributed by atoms with Crippen LogP contribution in [-0.4, -0.2) is 16.1 Å². The Hall–Kier alpha value is -1.20. The number of carbonyl (C=O) groups is 1. The monoisotopic (exact) mass is 281 g/mol. The molecule has 0 bridgehead atoms. The van der Waals surface area contributed by atoms with Crippen LogP contribution < -0.4 is 0 Å². The number of nitrogens with zero attached hydrogens (tertiary/aromatic N) is 1.